The lowest BCUT2D eigenvalue weighted by atomic mass is 9.95. The number of carbonyl (C=O) groups is 1. The second-order valence-electron chi connectivity index (χ2n) is 5.95. The summed E-state index contributed by atoms with van der Waals surface area (Å²) in [6, 6.07) is 6.93. The monoisotopic (exact) mass is 371 g/mol. The molecule has 132 valence electrons. The maximum absolute atomic E-state index is 12.0. The predicted octanol–water partition coefficient (Wildman–Crippen LogP) is 2.38. The Labute approximate surface area is 147 Å². The van der Waals surface area contributed by atoms with E-state index in [9.17, 15) is 13.2 Å². The molecule has 0 bridgehead atoms. The summed E-state index contributed by atoms with van der Waals surface area (Å²) < 4.78 is 25.3. The van der Waals surface area contributed by atoms with Crippen LogP contribution in [0.5, 0.6) is 0 Å². The fourth-order valence-corrected chi connectivity index (χ4v) is 4.13. The molecule has 1 aliphatic rings. The molecule has 0 radical (unpaired) electrons. The highest BCUT2D eigenvalue weighted by Crippen LogP contribution is 2.24. The summed E-state index contributed by atoms with van der Waals surface area (Å²) in [7, 11) is -3.44. The molecule has 1 amide bonds. The zero-order chi connectivity index (χ0) is 17.6. The van der Waals surface area contributed by atoms with Gasteiger partial charge in [-0.3, -0.25) is 4.79 Å². The molecule has 1 aliphatic carbocycles. The summed E-state index contributed by atoms with van der Waals surface area (Å²) >= 11 is 5.87. The molecule has 0 spiro atoms. The van der Waals surface area contributed by atoms with Crippen molar-refractivity contribution in [2.45, 2.75) is 38.1 Å². The Kier molecular flexibility index (Phi) is 6.77. The third-order valence-electron chi connectivity index (χ3n) is 3.96. The molecular formula is C16H22ClN3O3S. The minimum atomic E-state index is -3.44. The fraction of sp³-hybridized carbons (Fsp3) is 0.500. The van der Waals surface area contributed by atoms with Crippen LogP contribution in [0.4, 0.5) is 0 Å². The van der Waals surface area contributed by atoms with Crippen LogP contribution < -0.4 is 5.43 Å². The Morgan fingerprint density at radius 3 is 2.71 bits per heavy atom. The van der Waals surface area contributed by atoms with Crippen molar-refractivity contribution in [2.24, 2.45) is 5.10 Å². The van der Waals surface area contributed by atoms with Gasteiger partial charge in [0.2, 0.25) is 10.0 Å². The van der Waals surface area contributed by atoms with E-state index in [0.717, 1.165) is 43.9 Å². The summed E-state index contributed by atoms with van der Waals surface area (Å²) in [6.45, 7) is -0.212. The number of hydrogen-bond acceptors (Lipinski definition) is 4. The largest absolute Gasteiger partial charge is 0.272 e. The Balaban J connectivity index is 1.95. The molecule has 8 heteroatoms. The van der Waals surface area contributed by atoms with Crippen LogP contribution in [0.3, 0.4) is 0 Å². The number of halogens is 1. The van der Waals surface area contributed by atoms with E-state index in [2.05, 4.69) is 10.5 Å². The minimum Gasteiger partial charge on any atom is -0.272 e. The molecule has 1 saturated carbocycles. The van der Waals surface area contributed by atoms with Crippen LogP contribution in [0.2, 0.25) is 5.02 Å². The van der Waals surface area contributed by atoms with Gasteiger partial charge in [0.1, 0.15) is 0 Å². The third-order valence-corrected chi connectivity index (χ3v) is 5.47. The lowest BCUT2D eigenvalue weighted by Gasteiger charge is -2.31. The van der Waals surface area contributed by atoms with Gasteiger partial charge in [-0.2, -0.15) is 9.41 Å². The molecule has 0 aliphatic heterocycles. The molecule has 1 N–H and O–H groups in total. The highest BCUT2D eigenvalue weighted by Gasteiger charge is 2.29. The van der Waals surface area contributed by atoms with Crippen LogP contribution in [-0.4, -0.2) is 43.7 Å². The van der Waals surface area contributed by atoms with E-state index in [4.69, 9.17) is 11.6 Å². The van der Waals surface area contributed by atoms with Crippen molar-refractivity contribution in [3.63, 3.8) is 0 Å². The van der Waals surface area contributed by atoms with Gasteiger partial charge in [0.05, 0.1) is 19.0 Å². The molecular weight excluding hydrogens is 350 g/mol. The second-order valence-corrected chi connectivity index (χ2v) is 8.32. The molecule has 2 rings (SSSR count). The molecule has 6 nitrogen and oxygen atoms in total. The van der Waals surface area contributed by atoms with Gasteiger partial charge < -0.3 is 0 Å². The number of benzene rings is 1. The van der Waals surface area contributed by atoms with Gasteiger partial charge in [-0.15, -0.1) is 0 Å². The first-order chi connectivity index (χ1) is 11.4. The van der Waals surface area contributed by atoms with Crippen LogP contribution in [0.25, 0.3) is 0 Å². The van der Waals surface area contributed by atoms with Crippen molar-refractivity contribution in [1.29, 1.82) is 0 Å². The smallest absolute Gasteiger partial charge is 0.255 e. The standard InChI is InChI=1S/C16H22ClN3O3S/c1-24(22,23)20(15-8-3-2-4-9-15)12-16(21)19-18-11-13-6-5-7-14(17)10-13/h5-7,10-11,15H,2-4,8-9,12H2,1H3,(H,19,21)/b18-11+. The third kappa shape index (κ3) is 5.89. The van der Waals surface area contributed by atoms with Crippen molar-refractivity contribution in [2.75, 3.05) is 12.8 Å². The van der Waals surface area contributed by atoms with Crippen molar-refractivity contribution in [1.82, 2.24) is 9.73 Å². The van der Waals surface area contributed by atoms with E-state index in [0.29, 0.717) is 5.02 Å². The zero-order valence-corrected chi connectivity index (χ0v) is 15.2. The van der Waals surface area contributed by atoms with Crippen LogP contribution in [0.1, 0.15) is 37.7 Å². The van der Waals surface area contributed by atoms with E-state index in [-0.39, 0.29) is 12.6 Å². The summed E-state index contributed by atoms with van der Waals surface area (Å²) in [5.41, 5.74) is 3.12. The summed E-state index contributed by atoms with van der Waals surface area (Å²) in [6.07, 6.45) is 7.30. The van der Waals surface area contributed by atoms with Crippen LogP contribution in [-0.2, 0) is 14.8 Å². The first-order valence-corrected chi connectivity index (χ1v) is 10.1. The Bertz CT molecular complexity index is 700. The molecule has 0 atom stereocenters. The van der Waals surface area contributed by atoms with E-state index in [1.807, 2.05) is 0 Å². The first-order valence-electron chi connectivity index (χ1n) is 7.90. The van der Waals surface area contributed by atoms with E-state index in [1.165, 1.54) is 10.5 Å². The van der Waals surface area contributed by atoms with Gasteiger partial charge in [-0.05, 0) is 30.5 Å². The lowest BCUT2D eigenvalue weighted by Crippen LogP contribution is -2.45. The highest BCUT2D eigenvalue weighted by molar-refractivity contribution is 7.88. The summed E-state index contributed by atoms with van der Waals surface area (Å²) in [5, 5.41) is 4.43. The van der Waals surface area contributed by atoms with Crippen LogP contribution >= 0.6 is 11.6 Å². The summed E-state index contributed by atoms with van der Waals surface area (Å²) in [4.78, 5) is 12.0. The SMILES string of the molecule is CS(=O)(=O)N(CC(=O)N/N=C/c1cccc(Cl)c1)C1CCCCC1. The van der Waals surface area contributed by atoms with E-state index >= 15 is 0 Å². The van der Waals surface area contributed by atoms with Crippen molar-refractivity contribution in [3.8, 4) is 0 Å². The first kappa shape index (κ1) is 18.9. The molecule has 24 heavy (non-hydrogen) atoms. The van der Waals surface area contributed by atoms with E-state index < -0.39 is 15.9 Å². The average molecular weight is 372 g/mol. The van der Waals surface area contributed by atoms with Gasteiger partial charge in [0, 0.05) is 11.1 Å². The fourth-order valence-electron chi connectivity index (χ4n) is 2.83. The summed E-state index contributed by atoms with van der Waals surface area (Å²) in [5.74, 6) is -0.454. The zero-order valence-electron chi connectivity index (χ0n) is 13.6. The number of rotatable bonds is 6. The number of sulfonamides is 1. The molecule has 0 unspecified atom stereocenters. The number of amides is 1. The number of carbonyl (C=O) groups excluding carboxylic acids is 1. The van der Waals surface area contributed by atoms with Gasteiger partial charge in [0.15, 0.2) is 0 Å². The molecule has 1 aromatic carbocycles. The quantitative estimate of drug-likeness (QED) is 0.616. The molecule has 0 aromatic heterocycles. The number of hydrogen-bond donors (Lipinski definition) is 1. The van der Waals surface area contributed by atoms with Crippen molar-refractivity contribution < 1.29 is 13.2 Å². The van der Waals surface area contributed by atoms with Gasteiger partial charge >= 0.3 is 0 Å². The predicted molar refractivity (Wildman–Crippen MR) is 95.6 cm³/mol. The lowest BCUT2D eigenvalue weighted by molar-refractivity contribution is -0.121. The average Bonchev–Trinajstić information content (AvgIpc) is 2.52. The maximum atomic E-state index is 12.0. The number of hydrazone groups is 1. The highest BCUT2D eigenvalue weighted by atomic mass is 35.5. The maximum Gasteiger partial charge on any atom is 0.255 e. The normalized spacial score (nSPS) is 16.6. The minimum absolute atomic E-state index is 0.101. The second kappa shape index (κ2) is 8.60. The Morgan fingerprint density at radius 2 is 2.08 bits per heavy atom. The molecule has 1 fully saturated rings. The number of nitrogens with zero attached hydrogens (tertiary/aromatic N) is 2. The number of nitrogens with one attached hydrogen (secondary N) is 1. The topological polar surface area (TPSA) is 78.8 Å². The Hall–Kier alpha value is -1.44. The van der Waals surface area contributed by atoms with E-state index in [1.54, 1.807) is 24.3 Å². The molecule has 0 saturated heterocycles. The molecule has 1 aromatic rings. The van der Waals surface area contributed by atoms with Gasteiger partial charge in [0.25, 0.3) is 5.91 Å². The van der Waals surface area contributed by atoms with Gasteiger partial charge in [-0.1, -0.05) is 43.0 Å². The van der Waals surface area contributed by atoms with Gasteiger partial charge in [-0.25, -0.2) is 13.8 Å². The Morgan fingerprint density at radius 1 is 1.38 bits per heavy atom. The van der Waals surface area contributed by atoms with Crippen molar-refractivity contribution in [3.05, 3.63) is 34.9 Å². The van der Waals surface area contributed by atoms with Crippen molar-refractivity contribution >= 4 is 33.7 Å². The van der Waals surface area contributed by atoms with Crippen LogP contribution in [0, 0.1) is 0 Å². The van der Waals surface area contributed by atoms with Crippen LogP contribution in [0.15, 0.2) is 29.4 Å². The molecule has 0 heterocycles.